The summed E-state index contributed by atoms with van der Waals surface area (Å²) in [6, 6.07) is 17.4. The van der Waals surface area contributed by atoms with Gasteiger partial charge < -0.3 is 10.4 Å². The molecule has 5 atom stereocenters. The number of hydrogen-bond donors (Lipinski definition) is 2. The van der Waals surface area contributed by atoms with Gasteiger partial charge in [0, 0.05) is 29.4 Å². The van der Waals surface area contributed by atoms with Gasteiger partial charge >= 0.3 is 5.97 Å². The maximum Gasteiger partial charge on any atom is 0.337 e. The number of hydrogen-bond acceptors (Lipinski definition) is 7. The second kappa shape index (κ2) is 9.44. The Morgan fingerprint density at radius 1 is 1.03 bits per heavy atom. The maximum absolute atomic E-state index is 12.0. The van der Waals surface area contributed by atoms with Crippen LogP contribution in [0, 0.1) is 26.1 Å². The van der Waals surface area contributed by atoms with Crippen molar-refractivity contribution in [2.24, 2.45) is 5.92 Å². The number of alkyl halides is 1. The number of non-ortho nitro benzene ring substituents is 1. The van der Waals surface area contributed by atoms with Gasteiger partial charge in [0.15, 0.2) is 0 Å². The van der Waals surface area contributed by atoms with Crippen LogP contribution in [-0.2, 0) is 0 Å². The van der Waals surface area contributed by atoms with Gasteiger partial charge in [-0.2, -0.15) is 0 Å². The molecule has 2 aliphatic rings. The highest BCUT2D eigenvalue weighted by atomic mass is 35.5. The zero-order chi connectivity index (χ0) is 25.6. The smallest absolute Gasteiger partial charge is 0.337 e. The number of carboxylic acid groups (broad SMARTS) is 1. The average molecular weight is 526 g/mol. The minimum Gasteiger partial charge on any atom is -0.478 e. The van der Waals surface area contributed by atoms with E-state index >= 15 is 0 Å². The van der Waals surface area contributed by atoms with Crippen molar-refractivity contribution in [1.29, 1.82) is 0 Å². The number of nitrogens with zero attached hydrogens (tertiary/aromatic N) is 2. The second-order valence-corrected chi connectivity index (χ2v) is 10.6. The summed E-state index contributed by atoms with van der Waals surface area (Å²) in [4.78, 5) is 34.6. The van der Waals surface area contributed by atoms with Crippen molar-refractivity contribution < 1.29 is 19.7 Å². The zero-order valence-electron chi connectivity index (χ0n) is 18.6. The van der Waals surface area contributed by atoms with E-state index in [0.29, 0.717) is 22.6 Å². The van der Waals surface area contributed by atoms with Crippen LogP contribution in [0.3, 0.4) is 0 Å². The number of aromatic carboxylic acids is 1. The number of nitro benzene ring substituents is 2. The number of benzene rings is 3. The predicted molar refractivity (Wildman–Crippen MR) is 136 cm³/mol. The fourth-order valence-electron chi connectivity index (χ4n) is 5.35. The van der Waals surface area contributed by atoms with Gasteiger partial charge in [0.2, 0.25) is 0 Å². The number of fused-ring (bicyclic) bond motifs is 3. The number of anilines is 1. The lowest BCUT2D eigenvalue weighted by Crippen LogP contribution is -2.32. The molecule has 184 valence electrons. The van der Waals surface area contributed by atoms with Crippen molar-refractivity contribution in [3.63, 3.8) is 0 Å². The van der Waals surface area contributed by atoms with Gasteiger partial charge in [0.05, 0.1) is 37.4 Å². The van der Waals surface area contributed by atoms with E-state index in [1.807, 2.05) is 6.07 Å². The Hall–Kier alpha value is -3.63. The molecule has 0 unspecified atom stereocenters. The molecule has 3 aromatic carbocycles. The Morgan fingerprint density at radius 2 is 1.78 bits per heavy atom. The maximum atomic E-state index is 12.0. The largest absolute Gasteiger partial charge is 0.478 e. The number of rotatable bonds is 6. The highest BCUT2D eigenvalue weighted by Crippen LogP contribution is 2.58. The molecule has 0 saturated heterocycles. The van der Waals surface area contributed by atoms with E-state index in [0.717, 1.165) is 5.56 Å². The third kappa shape index (κ3) is 4.16. The SMILES string of the molecule is O=C(O)c1cccc2c1N[C@@H](c1cccc([N+](=O)[O-])c1)[C@H]1C[C@H](Sc3ccccc3[N+](=O)[O-])[C@@H](Cl)[C@@H]21. The van der Waals surface area contributed by atoms with Gasteiger partial charge in [-0.1, -0.05) is 36.4 Å². The molecule has 0 bridgehead atoms. The summed E-state index contributed by atoms with van der Waals surface area (Å²) in [5, 5.41) is 35.5. The molecule has 0 spiro atoms. The Balaban J connectivity index is 1.59. The number of thioether (sulfide) groups is 1. The van der Waals surface area contributed by atoms with Crippen LogP contribution >= 0.6 is 23.4 Å². The van der Waals surface area contributed by atoms with Crippen LogP contribution < -0.4 is 5.32 Å². The molecule has 0 radical (unpaired) electrons. The van der Waals surface area contributed by atoms with E-state index in [4.69, 9.17) is 11.6 Å². The molecule has 1 heterocycles. The van der Waals surface area contributed by atoms with Crippen LogP contribution in [0.25, 0.3) is 0 Å². The summed E-state index contributed by atoms with van der Waals surface area (Å²) in [5.74, 6) is -1.47. The van der Waals surface area contributed by atoms with Crippen molar-refractivity contribution in [2.75, 3.05) is 5.32 Å². The quantitative estimate of drug-likeness (QED) is 0.219. The average Bonchev–Trinajstić information content (AvgIpc) is 3.19. The summed E-state index contributed by atoms with van der Waals surface area (Å²) < 4.78 is 0. The first-order valence-electron chi connectivity index (χ1n) is 11.2. The van der Waals surface area contributed by atoms with Crippen LogP contribution in [0.4, 0.5) is 17.1 Å². The van der Waals surface area contributed by atoms with Gasteiger partial charge in [-0.05, 0) is 35.6 Å². The van der Waals surface area contributed by atoms with Crippen molar-refractivity contribution in [3.8, 4) is 0 Å². The summed E-state index contributed by atoms with van der Waals surface area (Å²) in [6.45, 7) is 0. The number of carboxylic acids is 1. The number of halogens is 1. The Labute approximate surface area is 214 Å². The van der Waals surface area contributed by atoms with Gasteiger partial charge in [-0.3, -0.25) is 20.2 Å². The summed E-state index contributed by atoms with van der Waals surface area (Å²) in [5.41, 5.74) is 1.92. The molecule has 9 nitrogen and oxygen atoms in total. The minimum atomic E-state index is -1.09. The van der Waals surface area contributed by atoms with Crippen LogP contribution in [0.2, 0.25) is 0 Å². The molecule has 1 saturated carbocycles. The zero-order valence-corrected chi connectivity index (χ0v) is 20.2. The topological polar surface area (TPSA) is 136 Å². The molecular formula is C25H20ClN3O6S. The molecule has 1 aliphatic heterocycles. The number of nitrogens with one attached hydrogen (secondary N) is 1. The molecule has 0 amide bonds. The lowest BCUT2D eigenvalue weighted by Gasteiger charge is -2.38. The van der Waals surface area contributed by atoms with Crippen molar-refractivity contribution >= 4 is 46.4 Å². The van der Waals surface area contributed by atoms with E-state index in [2.05, 4.69) is 5.32 Å². The van der Waals surface area contributed by atoms with Crippen LogP contribution in [0.15, 0.2) is 71.6 Å². The first-order chi connectivity index (χ1) is 17.3. The molecular weight excluding hydrogens is 506 g/mol. The number of nitro groups is 2. The molecule has 1 fully saturated rings. The summed E-state index contributed by atoms with van der Waals surface area (Å²) in [6.07, 6.45) is 0.576. The first-order valence-corrected chi connectivity index (χ1v) is 12.5. The molecule has 36 heavy (non-hydrogen) atoms. The van der Waals surface area contributed by atoms with E-state index in [-0.39, 0.29) is 34.0 Å². The molecule has 11 heteroatoms. The van der Waals surface area contributed by atoms with Crippen molar-refractivity contribution in [3.05, 3.63) is 104 Å². The predicted octanol–water partition coefficient (Wildman–Crippen LogP) is 6.24. The molecule has 0 aromatic heterocycles. The Morgan fingerprint density at radius 3 is 2.50 bits per heavy atom. The first kappa shape index (κ1) is 24.1. The highest BCUT2D eigenvalue weighted by Gasteiger charge is 2.51. The van der Waals surface area contributed by atoms with Crippen LogP contribution in [0.5, 0.6) is 0 Å². The number of carbonyl (C=O) groups is 1. The second-order valence-electron chi connectivity index (χ2n) is 8.80. The lowest BCUT2D eigenvalue weighted by molar-refractivity contribution is -0.387. The van der Waals surface area contributed by atoms with Gasteiger partial charge in [-0.15, -0.1) is 23.4 Å². The fourth-order valence-corrected chi connectivity index (χ4v) is 7.30. The monoisotopic (exact) mass is 525 g/mol. The van der Waals surface area contributed by atoms with E-state index in [1.165, 1.54) is 36.0 Å². The normalized spacial score (nSPS) is 24.3. The number of para-hydroxylation sites is 2. The van der Waals surface area contributed by atoms with Gasteiger partial charge in [-0.25, -0.2) is 4.79 Å². The fraction of sp³-hybridized carbons (Fsp3) is 0.240. The highest BCUT2D eigenvalue weighted by molar-refractivity contribution is 8.00. The third-order valence-electron chi connectivity index (χ3n) is 6.86. The van der Waals surface area contributed by atoms with Crippen molar-refractivity contribution in [1.82, 2.24) is 0 Å². The van der Waals surface area contributed by atoms with Crippen LogP contribution in [-0.4, -0.2) is 31.5 Å². The van der Waals surface area contributed by atoms with E-state index < -0.39 is 27.2 Å². The molecule has 3 aromatic rings. The van der Waals surface area contributed by atoms with Gasteiger partial charge in [0.1, 0.15) is 0 Å². The van der Waals surface area contributed by atoms with E-state index in [1.54, 1.807) is 36.4 Å². The van der Waals surface area contributed by atoms with Crippen LogP contribution in [0.1, 0.15) is 39.9 Å². The molecule has 5 rings (SSSR count). The Kier molecular flexibility index (Phi) is 6.31. The minimum absolute atomic E-state index is 0.00293. The summed E-state index contributed by atoms with van der Waals surface area (Å²) >= 11 is 8.40. The van der Waals surface area contributed by atoms with E-state index in [9.17, 15) is 30.1 Å². The third-order valence-corrected chi connectivity index (χ3v) is 8.97. The van der Waals surface area contributed by atoms with Crippen molar-refractivity contribution in [2.45, 2.75) is 33.9 Å². The lowest BCUT2D eigenvalue weighted by atomic mass is 9.76. The Bertz CT molecular complexity index is 1390. The molecule has 1 aliphatic carbocycles. The summed E-state index contributed by atoms with van der Waals surface area (Å²) in [7, 11) is 0. The standard InChI is InChI=1S/C25H20ClN3O6S/c26-22-20(36-19-10-2-1-9-18(19)29(34)35)12-17-21(22)15-7-4-8-16(25(30)31)24(15)27-23(17)13-5-3-6-14(11-13)28(32)33/h1-11,17,20-23,27H,12H2,(H,30,31)/t17-,20-,21-,22+,23-/m0/s1. The van der Waals surface area contributed by atoms with Gasteiger partial charge in [0.25, 0.3) is 11.4 Å². The molecule has 2 N–H and O–H groups in total.